The molecule has 0 heterocycles. The highest BCUT2D eigenvalue weighted by atomic mass is 16.4. The van der Waals surface area contributed by atoms with Gasteiger partial charge in [0.05, 0.1) is 6.54 Å². The number of carboxylic acids is 1. The molecule has 5 heteroatoms. The van der Waals surface area contributed by atoms with E-state index in [1.807, 2.05) is 35.2 Å². The van der Waals surface area contributed by atoms with Crippen molar-refractivity contribution in [3.05, 3.63) is 30.3 Å². The number of anilines is 1. The zero-order valence-corrected chi connectivity index (χ0v) is 13.5. The smallest absolute Gasteiger partial charge is 0.323 e. The molecule has 2 aliphatic rings. The lowest BCUT2D eigenvalue weighted by Gasteiger charge is -2.32. The van der Waals surface area contributed by atoms with E-state index in [0.29, 0.717) is 12.0 Å². The van der Waals surface area contributed by atoms with Crippen LogP contribution in [0.1, 0.15) is 32.6 Å². The molecule has 3 rings (SSSR count). The van der Waals surface area contributed by atoms with Crippen molar-refractivity contribution in [1.82, 2.24) is 4.90 Å². The summed E-state index contributed by atoms with van der Waals surface area (Å²) >= 11 is 0. The minimum Gasteiger partial charge on any atom is -0.480 e. The van der Waals surface area contributed by atoms with Crippen LogP contribution in [0, 0.1) is 5.92 Å². The fourth-order valence-corrected chi connectivity index (χ4v) is 3.21. The van der Waals surface area contributed by atoms with Crippen LogP contribution in [-0.4, -0.2) is 47.1 Å². The van der Waals surface area contributed by atoms with Crippen LogP contribution in [0.3, 0.4) is 0 Å². The molecule has 0 saturated heterocycles. The predicted molar refractivity (Wildman–Crippen MR) is 88.3 cm³/mol. The molecular formula is C18H24N2O3. The van der Waals surface area contributed by atoms with Crippen molar-refractivity contribution >= 4 is 17.6 Å². The topological polar surface area (TPSA) is 60.9 Å². The number of nitrogens with zero attached hydrogens (tertiary/aromatic N) is 2. The number of hydrogen-bond donors (Lipinski definition) is 1. The second-order valence-electron chi connectivity index (χ2n) is 6.70. The maximum absolute atomic E-state index is 12.9. The molecule has 1 atom stereocenters. The van der Waals surface area contributed by atoms with Crippen molar-refractivity contribution in [2.45, 2.75) is 44.7 Å². The van der Waals surface area contributed by atoms with E-state index in [1.165, 1.54) is 12.8 Å². The van der Waals surface area contributed by atoms with Gasteiger partial charge in [-0.25, -0.2) is 0 Å². The molecule has 1 amide bonds. The highest BCUT2D eigenvalue weighted by molar-refractivity contribution is 5.84. The van der Waals surface area contributed by atoms with Crippen LogP contribution < -0.4 is 4.90 Å². The van der Waals surface area contributed by atoms with Gasteiger partial charge in [0.2, 0.25) is 5.91 Å². The summed E-state index contributed by atoms with van der Waals surface area (Å²) in [5.74, 6) is -0.240. The van der Waals surface area contributed by atoms with Gasteiger partial charge in [-0.3, -0.25) is 9.59 Å². The van der Waals surface area contributed by atoms with Crippen LogP contribution in [-0.2, 0) is 9.59 Å². The molecule has 2 aliphatic carbocycles. The predicted octanol–water partition coefficient (Wildman–Crippen LogP) is 2.37. The summed E-state index contributed by atoms with van der Waals surface area (Å²) < 4.78 is 0. The summed E-state index contributed by atoms with van der Waals surface area (Å²) in [4.78, 5) is 27.7. The van der Waals surface area contributed by atoms with Gasteiger partial charge in [0.1, 0.15) is 6.54 Å². The summed E-state index contributed by atoms with van der Waals surface area (Å²) in [7, 11) is 0. The fourth-order valence-electron chi connectivity index (χ4n) is 3.21. The third-order valence-electron chi connectivity index (χ3n) is 4.74. The van der Waals surface area contributed by atoms with Gasteiger partial charge in [0, 0.05) is 17.8 Å². The van der Waals surface area contributed by atoms with Crippen LogP contribution in [0.2, 0.25) is 0 Å². The van der Waals surface area contributed by atoms with Crippen molar-refractivity contribution in [2.24, 2.45) is 5.92 Å². The Balaban J connectivity index is 1.72. The van der Waals surface area contributed by atoms with Gasteiger partial charge in [-0.05, 0) is 50.7 Å². The lowest BCUT2D eigenvalue weighted by molar-refractivity contribution is -0.135. The van der Waals surface area contributed by atoms with Crippen LogP contribution in [0.25, 0.3) is 0 Å². The Hall–Kier alpha value is -2.04. The number of aliphatic carboxylic acids is 1. The minimum atomic E-state index is -0.921. The highest BCUT2D eigenvalue weighted by Gasteiger charge is 2.41. The normalized spacial score (nSPS) is 18.3. The Kier molecular flexibility index (Phi) is 4.55. The van der Waals surface area contributed by atoms with E-state index in [-0.39, 0.29) is 25.0 Å². The third-order valence-corrected chi connectivity index (χ3v) is 4.74. The maximum atomic E-state index is 12.9. The second-order valence-corrected chi connectivity index (χ2v) is 6.70. The van der Waals surface area contributed by atoms with Gasteiger partial charge in [-0.15, -0.1) is 0 Å². The van der Waals surface area contributed by atoms with Gasteiger partial charge in [0.15, 0.2) is 0 Å². The highest BCUT2D eigenvalue weighted by Crippen LogP contribution is 2.39. The first-order chi connectivity index (χ1) is 11.1. The number of para-hydroxylation sites is 1. The molecule has 0 bridgehead atoms. The van der Waals surface area contributed by atoms with Crippen molar-refractivity contribution in [1.29, 1.82) is 0 Å². The molecule has 0 spiro atoms. The van der Waals surface area contributed by atoms with Crippen molar-refractivity contribution < 1.29 is 14.7 Å². The molecule has 1 unspecified atom stereocenters. The number of rotatable bonds is 8. The fraction of sp³-hybridized carbons (Fsp3) is 0.556. The molecule has 5 nitrogen and oxygen atoms in total. The summed E-state index contributed by atoms with van der Waals surface area (Å²) in [5, 5.41) is 9.16. The summed E-state index contributed by atoms with van der Waals surface area (Å²) in [6.07, 6.45) is 4.56. The molecule has 1 N–H and O–H groups in total. The molecule has 0 radical (unpaired) electrons. The Bertz CT molecular complexity index is 567. The van der Waals surface area contributed by atoms with E-state index in [1.54, 1.807) is 4.90 Å². The van der Waals surface area contributed by atoms with Gasteiger partial charge >= 0.3 is 5.97 Å². The standard InChI is InChI=1S/C18H24N2O3/c1-13(14-7-8-14)20(16-9-10-16)17(21)11-19(12-18(22)23)15-5-3-2-4-6-15/h2-6,13-14,16H,7-12H2,1H3,(H,22,23). The monoisotopic (exact) mass is 316 g/mol. The van der Waals surface area contributed by atoms with Crippen molar-refractivity contribution in [3.63, 3.8) is 0 Å². The maximum Gasteiger partial charge on any atom is 0.323 e. The third kappa shape index (κ3) is 4.03. The molecule has 2 fully saturated rings. The number of amides is 1. The van der Waals surface area contributed by atoms with Gasteiger partial charge in [-0.2, -0.15) is 0 Å². The van der Waals surface area contributed by atoms with E-state index in [9.17, 15) is 9.59 Å². The first kappa shape index (κ1) is 15.8. The van der Waals surface area contributed by atoms with Crippen LogP contribution in [0.4, 0.5) is 5.69 Å². The van der Waals surface area contributed by atoms with Crippen LogP contribution in [0.15, 0.2) is 30.3 Å². The molecule has 124 valence electrons. The van der Waals surface area contributed by atoms with Gasteiger partial charge in [-0.1, -0.05) is 18.2 Å². The molecule has 23 heavy (non-hydrogen) atoms. The second kappa shape index (κ2) is 6.60. The number of hydrogen-bond acceptors (Lipinski definition) is 3. The van der Waals surface area contributed by atoms with Crippen molar-refractivity contribution in [3.8, 4) is 0 Å². The number of benzene rings is 1. The molecule has 1 aromatic rings. The van der Waals surface area contributed by atoms with E-state index in [4.69, 9.17) is 5.11 Å². The Morgan fingerprint density at radius 1 is 1.13 bits per heavy atom. The van der Waals surface area contributed by atoms with Crippen LogP contribution in [0.5, 0.6) is 0 Å². The molecular weight excluding hydrogens is 292 g/mol. The van der Waals surface area contributed by atoms with Gasteiger partial charge < -0.3 is 14.9 Å². The molecule has 0 aromatic heterocycles. The van der Waals surface area contributed by atoms with E-state index < -0.39 is 5.97 Å². The quantitative estimate of drug-likeness (QED) is 0.800. The first-order valence-electron chi connectivity index (χ1n) is 8.39. The van der Waals surface area contributed by atoms with E-state index in [0.717, 1.165) is 18.5 Å². The average molecular weight is 316 g/mol. The molecule has 2 saturated carbocycles. The summed E-state index contributed by atoms with van der Waals surface area (Å²) in [6.45, 7) is 2.11. The summed E-state index contributed by atoms with van der Waals surface area (Å²) in [6, 6.07) is 9.94. The van der Waals surface area contributed by atoms with Gasteiger partial charge in [0.25, 0.3) is 0 Å². The van der Waals surface area contributed by atoms with E-state index >= 15 is 0 Å². The molecule has 0 aliphatic heterocycles. The van der Waals surface area contributed by atoms with Crippen molar-refractivity contribution in [2.75, 3.05) is 18.0 Å². The SMILES string of the molecule is CC(C1CC1)N(C(=O)CN(CC(=O)O)c1ccccc1)C1CC1. The largest absolute Gasteiger partial charge is 0.480 e. The molecule has 1 aromatic carbocycles. The van der Waals surface area contributed by atoms with E-state index in [2.05, 4.69) is 6.92 Å². The Labute approximate surface area is 136 Å². The Morgan fingerprint density at radius 2 is 1.78 bits per heavy atom. The Morgan fingerprint density at radius 3 is 2.30 bits per heavy atom. The number of carboxylic acid groups (broad SMARTS) is 1. The summed E-state index contributed by atoms with van der Waals surface area (Å²) in [5.41, 5.74) is 0.776. The minimum absolute atomic E-state index is 0.0528. The zero-order chi connectivity index (χ0) is 16.4. The lowest BCUT2D eigenvalue weighted by atomic mass is 10.1. The number of carbonyl (C=O) groups excluding carboxylic acids is 1. The number of carbonyl (C=O) groups is 2. The van der Waals surface area contributed by atoms with Crippen LogP contribution >= 0.6 is 0 Å². The average Bonchev–Trinajstić information content (AvgIpc) is 3.38. The zero-order valence-electron chi connectivity index (χ0n) is 13.5. The lowest BCUT2D eigenvalue weighted by Crippen LogP contribution is -2.47. The first-order valence-corrected chi connectivity index (χ1v) is 8.39.